The highest BCUT2D eigenvalue weighted by molar-refractivity contribution is 5.79. The van der Waals surface area contributed by atoms with Crippen LogP contribution in [-0.2, 0) is 0 Å². The maximum atomic E-state index is 6.05. The van der Waals surface area contributed by atoms with Crippen LogP contribution in [0.2, 0.25) is 0 Å². The SMILES string of the molecule is CCC(C)c1ccc2oc(C(NC)C(C)(C)C)cc2c1. The second-order valence-electron chi connectivity index (χ2n) is 6.84. The third-order valence-electron chi connectivity index (χ3n) is 4.18. The zero-order valence-corrected chi connectivity index (χ0v) is 13.6. The lowest BCUT2D eigenvalue weighted by Gasteiger charge is -2.28. The van der Waals surface area contributed by atoms with Crippen molar-refractivity contribution in [1.82, 2.24) is 5.32 Å². The molecule has 1 N–H and O–H groups in total. The van der Waals surface area contributed by atoms with E-state index in [1.807, 2.05) is 7.05 Å². The van der Waals surface area contributed by atoms with E-state index in [0.717, 1.165) is 17.8 Å². The Morgan fingerprint density at radius 3 is 2.45 bits per heavy atom. The van der Waals surface area contributed by atoms with Crippen LogP contribution in [0.25, 0.3) is 11.0 Å². The van der Waals surface area contributed by atoms with Gasteiger partial charge in [-0.1, -0.05) is 40.7 Å². The molecule has 2 unspecified atom stereocenters. The molecule has 0 aliphatic heterocycles. The van der Waals surface area contributed by atoms with Gasteiger partial charge in [0.05, 0.1) is 6.04 Å². The normalized spacial score (nSPS) is 15.5. The van der Waals surface area contributed by atoms with Crippen molar-refractivity contribution in [2.24, 2.45) is 5.41 Å². The molecule has 0 aliphatic carbocycles. The summed E-state index contributed by atoms with van der Waals surface area (Å²) >= 11 is 0. The van der Waals surface area contributed by atoms with Crippen molar-refractivity contribution >= 4 is 11.0 Å². The van der Waals surface area contributed by atoms with Gasteiger partial charge in [0.1, 0.15) is 11.3 Å². The first-order chi connectivity index (χ1) is 9.36. The highest BCUT2D eigenvalue weighted by Gasteiger charge is 2.27. The van der Waals surface area contributed by atoms with Gasteiger partial charge in [0.25, 0.3) is 0 Å². The van der Waals surface area contributed by atoms with Gasteiger partial charge in [-0.2, -0.15) is 0 Å². The quantitative estimate of drug-likeness (QED) is 0.822. The van der Waals surface area contributed by atoms with E-state index in [2.05, 4.69) is 64.2 Å². The highest BCUT2D eigenvalue weighted by Crippen LogP contribution is 2.36. The minimum absolute atomic E-state index is 0.127. The fraction of sp³-hybridized carbons (Fsp3) is 0.556. The van der Waals surface area contributed by atoms with Gasteiger partial charge >= 0.3 is 0 Å². The molecule has 0 spiro atoms. The number of nitrogens with one attached hydrogen (secondary N) is 1. The number of hydrogen-bond acceptors (Lipinski definition) is 2. The molecule has 0 fully saturated rings. The van der Waals surface area contributed by atoms with Crippen molar-refractivity contribution in [2.45, 2.75) is 53.0 Å². The van der Waals surface area contributed by atoms with Crippen LogP contribution in [0, 0.1) is 5.41 Å². The van der Waals surface area contributed by atoms with Gasteiger partial charge in [-0.3, -0.25) is 0 Å². The molecule has 0 amide bonds. The van der Waals surface area contributed by atoms with E-state index in [1.165, 1.54) is 10.9 Å². The van der Waals surface area contributed by atoms with Crippen molar-refractivity contribution in [2.75, 3.05) is 7.05 Å². The Kier molecular flexibility index (Phi) is 4.24. The summed E-state index contributed by atoms with van der Waals surface area (Å²) in [4.78, 5) is 0. The average molecular weight is 273 g/mol. The Hall–Kier alpha value is -1.28. The molecule has 1 aromatic heterocycles. The number of rotatable bonds is 4. The molecule has 2 nitrogen and oxygen atoms in total. The molecule has 0 radical (unpaired) electrons. The Morgan fingerprint density at radius 1 is 1.20 bits per heavy atom. The maximum absolute atomic E-state index is 6.05. The van der Waals surface area contributed by atoms with Crippen molar-refractivity contribution < 1.29 is 4.42 Å². The summed E-state index contributed by atoms with van der Waals surface area (Å²) in [6, 6.07) is 8.98. The van der Waals surface area contributed by atoms with E-state index in [-0.39, 0.29) is 11.5 Å². The predicted octanol–water partition coefficient (Wildman–Crippen LogP) is 5.25. The van der Waals surface area contributed by atoms with Gasteiger partial charge in [0, 0.05) is 5.39 Å². The van der Waals surface area contributed by atoms with Crippen LogP contribution < -0.4 is 5.32 Å². The van der Waals surface area contributed by atoms with Crippen LogP contribution in [0.4, 0.5) is 0 Å². The predicted molar refractivity (Wildman–Crippen MR) is 86.2 cm³/mol. The first kappa shape index (κ1) is 15.1. The fourth-order valence-corrected chi connectivity index (χ4v) is 2.77. The molecule has 0 saturated heterocycles. The lowest BCUT2D eigenvalue weighted by Crippen LogP contribution is -2.29. The van der Waals surface area contributed by atoms with Gasteiger partial charge in [-0.25, -0.2) is 0 Å². The van der Waals surface area contributed by atoms with Gasteiger partial charge < -0.3 is 9.73 Å². The topological polar surface area (TPSA) is 25.2 Å². The zero-order chi connectivity index (χ0) is 14.9. The average Bonchev–Trinajstić information content (AvgIpc) is 2.78. The molecular weight excluding hydrogens is 246 g/mol. The van der Waals surface area contributed by atoms with Crippen LogP contribution in [0.15, 0.2) is 28.7 Å². The minimum atomic E-state index is 0.127. The standard InChI is InChI=1S/C18H27NO/c1-7-12(2)13-8-9-15-14(10-13)11-16(20-15)17(19-6)18(3,4)5/h8-12,17,19H,7H2,1-6H3. The number of furan rings is 1. The summed E-state index contributed by atoms with van der Waals surface area (Å²) in [6.45, 7) is 11.2. The molecule has 2 heteroatoms. The van der Waals surface area contributed by atoms with Gasteiger partial charge in [-0.05, 0) is 48.6 Å². The van der Waals surface area contributed by atoms with Crippen molar-refractivity contribution in [3.63, 3.8) is 0 Å². The number of hydrogen-bond donors (Lipinski definition) is 1. The third-order valence-corrected chi connectivity index (χ3v) is 4.18. The molecule has 2 atom stereocenters. The summed E-state index contributed by atoms with van der Waals surface area (Å²) in [5.41, 5.74) is 2.50. The molecular formula is C18H27NO. The minimum Gasteiger partial charge on any atom is -0.459 e. The monoisotopic (exact) mass is 273 g/mol. The summed E-state index contributed by atoms with van der Waals surface area (Å²) in [7, 11) is 1.99. The summed E-state index contributed by atoms with van der Waals surface area (Å²) < 4.78 is 6.05. The van der Waals surface area contributed by atoms with E-state index in [9.17, 15) is 0 Å². The van der Waals surface area contributed by atoms with E-state index in [4.69, 9.17) is 4.42 Å². The van der Waals surface area contributed by atoms with Crippen LogP contribution in [0.5, 0.6) is 0 Å². The van der Waals surface area contributed by atoms with Crippen LogP contribution in [0.3, 0.4) is 0 Å². The Morgan fingerprint density at radius 2 is 1.90 bits per heavy atom. The van der Waals surface area contributed by atoms with Crippen molar-refractivity contribution in [1.29, 1.82) is 0 Å². The smallest absolute Gasteiger partial charge is 0.134 e. The Labute approximate surface area is 122 Å². The molecule has 20 heavy (non-hydrogen) atoms. The Balaban J connectivity index is 2.43. The summed E-state index contributed by atoms with van der Waals surface area (Å²) in [5.74, 6) is 1.62. The number of benzene rings is 1. The van der Waals surface area contributed by atoms with Crippen LogP contribution in [-0.4, -0.2) is 7.05 Å². The Bertz CT molecular complexity index is 577. The molecule has 0 bridgehead atoms. The third kappa shape index (κ3) is 2.90. The zero-order valence-electron chi connectivity index (χ0n) is 13.6. The lowest BCUT2D eigenvalue weighted by molar-refractivity contribution is 0.253. The second-order valence-corrected chi connectivity index (χ2v) is 6.84. The van der Waals surface area contributed by atoms with E-state index < -0.39 is 0 Å². The molecule has 2 rings (SSSR count). The van der Waals surface area contributed by atoms with Gasteiger partial charge in [0.15, 0.2) is 0 Å². The van der Waals surface area contributed by atoms with Crippen molar-refractivity contribution in [3.05, 3.63) is 35.6 Å². The first-order valence-electron chi connectivity index (χ1n) is 7.57. The number of fused-ring (bicyclic) bond motifs is 1. The molecule has 1 heterocycles. The largest absolute Gasteiger partial charge is 0.459 e. The summed E-state index contributed by atoms with van der Waals surface area (Å²) in [6.07, 6.45) is 1.16. The second kappa shape index (κ2) is 5.61. The van der Waals surface area contributed by atoms with Crippen LogP contribution in [0.1, 0.15) is 64.3 Å². The van der Waals surface area contributed by atoms with Gasteiger partial charge in [0.2, 0.25) is 0 Å². The van der Waals surface area contributed by atoms with E-state index in [0.29, 0.717) is 5.92 Å². The molecule has 1 aromatic carbocycles. The summed E-state index contributed by atoms with van der Waals surface area (Å²) in [5, 5.41) is 4.58. The fourth-order valence-electron chi connectivity index (χ4n) is 2.77. The van der Waals surface area contributed by atoms with E-state index >= 15 is 0 Å². The molecule has 110 valence electrons. The first-order valence-corrected chi connectivity index (χ1v) is 7.57. The molecule has 0 saturated carbocycles. The highest BCUT2D eigenvalue weighted by atomic mass is 16.3. The molecule has 2 aromatic rings. The van der Waals surface area contributed by atoms with E-state index in [1.54, 1.807) is 0 Å². The maximum Gasteiger partial charge on any atom is 0.134 e. The molecule has 0 aliphatic rings. The lowest BCUT2D eigenvalue weighted by atomic mass is 9.85. The van der Waals surface area contributed by atoms with Crippen LogP contribution >= 0.6 is 0 Å². The van der Waals surface area contributed by atoms with Crippen molar-refractivity contribution in [3.8, 4) is 0 Å². The van der Waals surface area contributed by atoms with Gasteiger partial charge in [-0.15, -0.1) is 0 Å².